The minimum Gasteiger partial charge on any atom is -0.462 e. The molecule has 0 rings (SSSR count). The van der Waals surface area contributed by atoms with Crippen molar-refractivity contribution in [3.8, 4) is 0 Å². The van der Waals surface area contributed by atoms with Crippen LogP contribution < -0.4 is 0 Å². The third kappa shape index (κ3) is 17.1. The number of carbonyl (C=O) groups excluding carboxylic acids is 5. The molecule has 12 nitrogen and oxygen atoms in total. The SMILES string of the molecule is C=C(C)C(=O)OCC(O)COC(=O)C(=C)C.C=CC(=O)OCC(CO)(COC(=O)C=C)COC(=O)C=C. The highest BCUT2D eigenvalue weighted by Gasteiger charge is 2.35. The minimum absolute atomic E-state index is 0.241. The second-order valence-electron chi connectivity index (χ2n) is 7.51. The van der Waals surface area contributed by atoms with Crippen molar-refractivity contribution in [1.82, 2.24) is 0 Å². The highest BCUT2D eigenvalue weighted by molar-refractivity contribution is 5.87. The Bertz CT molecular complexity index is 781. The van der Waals surface area contributed by atoms with E-state index in [0.29, 0.717) is 0 Å². The van der Waals surface area contributed by atoms with Crippen LogP contribution in [0.3, 0.4) is 0 Å². The summed E-state index contributed by atoms with van der Waals surface area (Å²) in [6.45, 7) is 17.4. The molecule has 0 aromatic carbocycles. The molecule has 0 heterocycles. The lowest BCUT2D eigenvalue weighted by Crippen LogP contribution is -2.42. The third-order valence-corrected chi connectivity index (χ3v) is 3.91. The Morgan fingerprint density at radius 2 is 1.00 bits per heavy atom. The Labute approximate surface area is 215 Å². The van der Waals surface area contributed by atoms with E-state index < -0.39 is 48.0 Å². The number of carbonyl (C=O) groups is 5. The van der Waals surface area contributed by atoms with Crippen molar-refractivity contribution >= 4 is 29.8 Å². The van der Waals surface area contributed by atoms with Gasteiger partial charge in [0.1, 0.15) is 39.1 Å². The van der Waals surface area contributed by atoms with Crippen molar-refractivity contribution in [3.63, 3.8) is 0 Å². The molecule has 0 spiro atoms. The summed E-state index contributed by atoms with van der Waals surface area (Å²) in [4.78, 5) is 55.2. The van der Waals surface area contributed by atoms with Gasteiger partial charge in [0.25, 0.3) is 0 Å². The van der Waals surface area contributed by atoms with Crippen LogP contribution in [0.15, 0.2) is 62.3 Å². The molecule has 0 radical (unpaired) electrons. The second-order valence-corrected chi connectivity index (χ2v) is 7.51. The van der Waals surface area contributed by atoms with Crippen molar-refractivity contribution < 1.29 is 57.9 Å². The first kappa shape index (κ1) is 35.1. The van der Waals surface area contributed by atoms with E-state index in [0.717, 1.165) is 18.2 Å². The summed E-state index contributed by atoms with van der Waals surface area (Å²) >= 11 is 0. The molecule has 37 heavy (non-hydrogen) atoms. The normalized spacial score (nSPS) is 9.97. The van der Waals surface area contributed by atoms with Gasteiger partial charge in [-0.2, -0.15) is 0 Å². The summed E-state index contributed by atoms with van der Waals surface area (Å²) in [5.41, 5.74) is -0.798. The molecule has 0 aliphatic heterocycles. The number of aliphatic hydroxyl groups excluding tert-OH is 2. The number of hydrogen-bond donors (Lipinski definition) is 2. The number of rotatable bonds is 16. The van der Waals surface area contributed by atoms with Crippen molar-refractivity contribution in [2.24, 2.45) is 5.41 Å². The van der Waals surface area contributed by atoms with Crippen molar-refractivity contribution in [2.75, 3.05) is 39.6 Å². The third-order valence-electron chi connectivity index (χ3n) is 3.91. The van der Waals surface area contributed by atoms with Crippen LogP contribution in [0.1, 0.15) is 13.8 Å². The maximum Gasteiger partial charge on any atom is 0.333 e. The Hall–Kier alpha value is -4.03. The molecule has 0 bridgehead atoms. The number of hydrogen-bond acceptors (Lipinski definition) is 12. The van der Waals surface area contributed by atoms with Gasteiger partial charge in [-0.15, -0.1) is 0 Å². The first-order chi connectivity index (χ1) is 17.3. The van der Waals surface area contributed by atoms with E-state index in [9.17, 15) is 34.2 Å². The summed E-state index contributed by atoms with van der Waals surface area (Å²) in [5, 5.41) is 18.8. The molecule has 0 amide bonds. The molecule has 0 aliphatic rings. The smallest absolute Gasteiger partial charge is 0.333 e. The van der Waals surface area contributed by atoms with E-state index in [-0.39, 0.29) is 44.2 Å². The summed E-state index contributed by atoms with van der Waals surface area (Å²) in [5.74, 6) is -3.36. The largest absolute Gasteiger partial charge is 0.462 e. The Morgan fingerprint density at radius 1 is 0.703 bits per heavy atom. The highest BCUT2D eigenvalue weighted by Crippen LogP contribution is 2.19. The molecule has 0 aromatic heterocycles. The maximum atomic E-state index is 11.1. The van der Waals surface area contributed by atoms with Crippen LogP contribution in [0.2, 0.25) is 0 Å². The van der Waals surface area contributed by atoms with Crippen LogP contribution in [0, 0.1) is 5.41 Å². The van der Waals surface area contributed by atoms with Crippen molar-refractivity contribution in [1.29, 1.82) is 0 Å². The highest BCUT2D eigenvalue weighted by atomic mass is 16.6. The Balaban J connectivity index is 0. The fourth-order valence-electron chi connectivity index (χ4n) is 1.75. The molecular formula is C25H34O12. The molecule has 0 fully saturated rings. The molecule has 2 N–H and O–H groups in total. The molecule has 0 unspecified atom stereocenters. The van der Waals surface area contributed by atoms with Crippen LogP contribution in [0.25, 0.3) is 0 Å². The Kier molecular flexibility index (Phi) is 18.2. The Morgan fingerprint density at radius 3 is 1.22 bits per heavy atom. The van der Waals surface area contributed by atoms with Gasteiger partial charge in [-0.1, -0.05) is 32.9 Å². The van der Waals surface area contributed by atoms with Gasteiger partial charge in [0.05, 0.1) is 12.0 Å². The van der Waals surface area contributed by atoms with E-state index in [4.69, 9.17) is 14.2 Å². The lowest BCUT2D eigenvalue weighted by molar-refractivity contribution is -0.159. The maximum absolute atomic E-state index is 11.1. The summed E-state index contributed by atoms with van der Waals surface area (Å²) in [6, 6.07) is 0. The van der Waals surface area contributed by atoms with Crippen LogP contribution in [-0.4, -0.2) is 85.8 Å². The molecule has 0 aromatic rings. The molecular weight excluding hydrogens is 492 g/mol. The van der Waals surface area contributed by atoms with Crippen LogP contribution in [0.5, 0.6) is 0 Å². The van der Waals surface area contributed by atoms with Crippen LogP contribution >= 0.6 is 0 Å². The van der Waals surface area contributed by atoms with E-state index in [2.05, 4.69) is 42.4 Å². The summed E-state index contributed by atoms with van der Waals surface area (Å²) in [6.07, 6.45) is 1.76. The quantitative estimate of drug-likeness (QED) is 0.164. The van der Waals surface area contributed by atoms with Crippen LogP contribution in [0.4, 0.5) is 0 Å². The van der Waals surface area contributed by atoms with Gasteiger partial charge in [0, 0.05) is 29.4 Å². The number of esters is 5. The van der Waals surface area contributed by atoms with Gasteiger partial charge in [0.15, 0.2) is 0 Å². The predicted molar refractivity (Wildman–Crippen MR) is 131 cm³/mol. The molecule has 12 heteroatoms. The van der Waals surface area contributed by atoms with E-state index in [1.165, 1.54) is 13.8 Å². The van der Waals surface area contributed by atoms with Gasteiger partial charge >= 0.3 is 29.8 Å². The average Bonchev–Trinajstić information content (AvgIpc) is 2.89. The van der Waals surface area contributed by atoms with Crippen LogP contribution in [-0.2, 0) is 47.7 Å². The van der Waals surface area contributed by atoms with Gasteiger partial charge in [-0.25, -0.2) is 24.0 Å². The zero-order chi connectivity index (χ0) is 29.0. The zero-order valence-electron chi connectivity index (χ0n) is 21.1. The second kappa shape index (κ2) is 19.2. The van der Waals surface area contributed by atoms with Crippen molar-refractivity contribution in [2.45, 2.75) is 20.0 Å². The van der Waals surface area contributed by atoms with Gasteiger partial charge in [0.2, 0.25) is 0 Å². The molecule has 0 saturated heterocycles. The monoisotopic (exact) mass is 526 g/mol. The standard InChI is InChI=1S/C14H18O7.C11H16O5/c1-4-11(16)19-8-14(7-15,9-20-12(17)5-2)10-21-13(18)6-3;1-7(2)10(13)15-5-9(12)6-16-11(14)8(3)4/h4-6,15H,1-3,7-10H2;9,12H,1,3,5-6H2,2,4H3. The fraction of sp³-hybridized carbons (Fsp3) is 0.400. The topological polar surface area (TPSA) is 172 Å². The van der Waals surface area contributed by atoms with Crippen molar-refractivity contribution in [3.05, 3.63) is 62.3 Å². The average molecular weight is 527 g/mol. The first-order valence-corrected chi connectivity index (χ1v) is 10.6. The molecule has 206 valence electrons. The lowest BCUT2D eigenvalue weighted by atomic mass is 9.92. The first-order valence-electron chi connectivity index (χ1n) is 10.6. The molecule has 0 aliphatic carbocycles. The predicted octanol–water partition coefficient (Wildman–Crippen LogP) is 0.739. The van der Waals surface area contributed by atoms with Gasteiger partial charge in [-0.05, 0) is 13.8 Å². The molecule has 0 atom stereocenters. The van der Waals surface area contributed by atoms with E-state index in [1.807, 2.05) is 0 Å². The lowest BCUT2D eigenvalue weighted by Gasteiger charge is -2.29. The number of aliphatic hydroxyl groups is 2. The van der Waals surface area contributed by atoms with E-state index in [1.54, 1.807) is 0 Å². The zero-order valence-corrected chi connectivity index (χ0v) is 21.1. The van der Waals surface area contributed by atoms with Gasteiger partial charge < -0.3 is 33.9 Å². The van der Waals surface area contributed by atoms with Gasteiger partial charge in [-0.3, -0.25) is 0 Å². The summed E-state index contributed by atoms with van der Waals surface area (Å²) < 4.78 is 23.8. The van der Waals surface area contributed by atoms with E-state index >= 15 is 0 Å². The fourth-order valence-corrected chi connectivity index (χ4v) is 1.75. The summed E-state index contributed by atoms with van der Waals surface area (Å²) in [7, 11) is 0. The molecule has 0 saturated carbocycles. The number of ether oxygens (including phenoxy) is 5. The minimum atomic E-state index is -1.28.